The molecule has 0 aliphatic rings. The summed E-state index contributed by atoms with van der Waals surface area (Å²) in [6.45, 7) is 7.34. The van der Waals surface area contributed by atoms with Crippen LogP contribution >= 0.6 is 0 Å². The summed E-state index contributed by atoms with van der Waals surface area (Å²) in [5, 5.41) is 18.5. The smallest absolute Gasteiger partial charge is 0.138 e. The van der Waals surface area contributed by atoms with Crippen molar-refractivity contribution in [1.82, 2.24) is 9.88 Å². The Balaban J connectivity index is 2.75. The van der Waals surface area contributed by atoms with Crippen molar-refractivity contribution in [2.24, 2.45) is 0 Å². The van der Waals surface area contributed by atoms with Crippen LogP contribution in [0, 0.1) is 6.92 Å². The molecule has 0 radical (unpaired) electrons. The van der Waals surface area contributed by atoms with E-state index >= 15 is 0 Å². The van der Waals surface area contributed by atoms with E-state index < -0.39 is 0 Å². The van der Waals surface area contributed by atoms with E-state index in [0.29, 0.717) is 25.3 Å². The molecule has 0 aliphatic heterocycles. The minimum atomic E-state index is 0.0837. The number of rotatable bonds is 6. The Morgan fingerprint density at radius 2 is 2.25 bits per heavy atom. The van der Waals surface area contributed by atoms with Gasteiger partial charge in [0, 0.05) is 25.3 Å². The largest absolute Gasteiger partial charge is 0.506 e. The minimum absolute atomic E-state index is 0.0837. The Morgan fingerprint density at radius 1 is 1.50 bits per heavy atom. The number of hydrogen-bond donors (Lipinski definition) is 2. The standard InChI is InChI=1S/C12H18N2O2/c1-3-6-14(7-8-15)9-11-12(16)5-4-10(2)13-11/h3-5,15-16H,1,6-9H2,2H3. The molecule has 0 saturated heterocycles. The molecule has 1 heterocycles. The van der Waals surface area contributed by atoms with E-state index in [4.69, 9.17) is 5.11 Å². The van der Waals surface area contributed by atoms with Gasteiger partial charge in [0.2, 0.25) is 0 Å². The zero-order valence-electron chi connectivity index (χ0n) is 9.56. The summed E-state index contributed by atoms with van der Waals surface area (Å²) in [5.74, 6) is 0.192. The normalized spacial score (nSPS) is 10.7. The molecule has 0 saturated carbocycles. The number of aromatic nitrogens is 1. The van der Waals surface area contributed by atoms with Crippen LogP contribution in [0.2, 0.25) is 0 Å². The highest BCUT2D eigenvalue weighted by Crippen LogP contribution is 2.16. The molecular weight excluding hydrogens is 204 g/mol. The highest BCUT2D eigenvalue weighted by Gasteiger charge is 2.08. The van der Waals surface area contributed by atoms with Crippen LogP contribution in [0.5, 0.6) is 5.75 Å². The maximum Gasteiger partial charge on any atom is 0.138 e. The molecule has 2 N–H and O–H groups in total. The predicted molar refractivity (Wildman–Crippen MR) is 63.2 cm³/mol. The summed E-state index contributed by atoms with van der Waals surface area (Å²) in [5.41, 5.74) is 1.51. The highest BCUT2D eigenvalue weighted by molar-refractivity contribution is 5.27. The quantitative estimate of drug-likeness (QED) is 0.707. The first kappa shape index (κ1) is 12.7. The van der Waals surface area contributed by atoms with E-state index in [1.165, 1.54) is 0 Å². The van der Waals surface area contributed by atoms with Crippen LogP contribution in [0.1, 0.15) is 11.4 Å². The van der Waals surface area contributed by atoms with Gasteiger partial charge in [0.25, 0.3) is 0 Å². The fraction of sp³-hybridized carbons (Fsp3) is 0.417. The van der Waals surface area contributed by atoms with E-state index in [1.807, 2.05) is 11.8 Å². The van der Waals surface area contributed by atoms with Crippen LogP contribution in [0.25, 0.3) is 0 Å². The summed E-state index contributed by atoms with van der Waals surface area (Å²) in [6, 6.07) is 3.41. The van der Waals surface area contributed by atoms with Crippen molar-refractivity contribution in [2.45, 2.75) is 13.5 Å². The van der Waals surface area contributed by atoms with Gasteiger partial charge in [-0.25, -0.2) is 0 Å². The van der Waals surface area contributed by atoms with Crippen LogP contribution < -0.4 is 0 Å². The van der Waals surface area contributed by atoms with Gasteiger partial charge in [0.05, 0.1) is 12.3 Å². The van der Waals surface area contributed by atoms with E-state index in [-0.39, 0.29) is 12.4 Å². The van der Waals surface area contributed by atoms with Gasteiger partial charge >= 0.3 is 0 Å². The lowest BCUT2D eigenvalue weighted by atomic mass is 10.2. The average molecular weight is 222 g/mol. The fourth-order valence-corrected chi connectivity index (χ4v) is 1.49. The second kappa shape index (κ2) is 6.25. The van der Waals surface area contributed by atoms with Gasteiger partial charge in [-0.05, 0) is 19.1 Å². The van der Waals surface area contributed by atoms with Crippen molar-refractivity contribution >= 4 is 0 Å². The van der Waals surface area contributed by atoms with E-state index in [0.717, 1.165) is 5.69 Å². The zero-order chi connectivity index (χ0) is 12.0. The fourth-order valence-electron chi connectivity index (χ4n) is 1.49. The van der Waals surface area contributed by atoms with Gasteiger partial charge in [-0.2, -0.15) is 0 Å². The van der Waals surface area contributed by atoms with E-state index in [9.17, 15) is 5.11 Å². The van der Waals surface area contributed by atoms with Crippen molar-refractivity contribution in [2.75, 3.05) is 19.7 Å². The molecule has 4 heteroatoms. The molecule has 0 atom stereocenters. The van der Waals surface area contributed by atoms with Crippen molar-refractivity contribution in [3.05, 3.63) is 36.2 Å². The first-order chi connectivity index (χ1) is 7.67. The predicted octanol–water partition coefficient (Wildman–Crippen LogP) is 1.08. The third-order valence-electron chi connectivity index (χ3n) is 2.27. The summed E-state index contributed by atoms with van der Waals surface area (Å²) in [4.78, 5) is 6.24. The minimum Gasteiger partial charge on any atom is -0.506 e. The molecule has 1 aromatic heterocycles. The number of hydrogen-bond acceptors (Lipinski definition) is 4. The lowest BCUT2D eigenvalue weighted by Crippen LogP contribution is -2.27. The maximum absolute atomic E-state index is 9.64. The second-order valence-electron chi connectivity index (χ2n) is 3.67. The number of aliphatic hydroxyl groups is 1. The molecule has 1 aromatic rings. The molecular formula is C12H18N2O2. The molecule has 4 nitrogen and oxygen atoms in total. The van der Waals surface area contributed by atoms with Gasteiger partial charge < -0.3 is 10.2 Å². The van der Waals surface area contributed by atoms with Gasteiger partial charge in [0.15, 0.2) is 0 Å². The Bertz CT molecular complexity index is 353. The highest BCUT2D eigenvalue weighted by atomic mass is 16.3. The lowest BCUT2D eigenvalue weighted by molar-refractivity contribution is 0.200. The molecule has 0 bridgehead atoms. The van der Waals surface area contributed by atoms with Crippen molar-refractivity contribution in [1.29, 1.82) is 0 Å². The van der Waals surface area contributed by atoms with Crippen molar-refractivity contribution in [3.63, 3.8) is 0 Å². The topological polar surface area (TPSA) is 56.6 Å². The first-order valence-corrected chi connectivity index (χ1v) is 5.27. The number of aryl methyl sites for hydroxylation is 1. The lowest BCUT2D eigenvalue weighted by Gasteiger charge is -2.19. The SMILES string of the molecule is C=CCN(CCO)Cc1nc(C)ccc1O. The molecule has 0 aliphatic carbocycles. The molecule has 16 heavy (non-hydrogen) atoms. The van der Waals surface area contributed by atoms with Gasteiger partial charge in [-0.15, -0.1) is 6.58 Å². The summed E-state index contributed by atoms with van der Waals surface area (Å²) in [6.07, 6.45) is 1.77. The van der Waals surface area contributed by atoms with Crippen LogP contribution in [0.3, 0.4) is 0 Å². The second-order valence-corrected chi connectivity index (χ2v) is 3.67. The van der Waals surface area contributed by atoms with Crippen LogP contribution in [-0.2, 0) is 6.54 Å². The molecule has 88 valence electrons. The van der Waals surface area contributed by atoms with Crippen LogP contribution in [-0.4, -0.2) is 39.8 Å². The monoisotopic (exact) mass is 222 g/mol. The third-order valence-corrected chi connectivity index (χ3v) is 2.27. The molecule has 1 rings (SSSR count). The Kier molecular flexibility index (Phi) is 4.95. The van der Waals surface area contributed by atoms with Gasteiger partial charge in [-0.3, -0.25) is 9.88 Å². The number of nitrogens with zero attached hydrogens (tertiary/aromatic N) is 2. The zero-order valence-corrected chi connectivity index (χ0v) is 9.56. The molecule has 0 unspecified atom stereocenters. The molecule has 0 amide bonds. The molecule has 0 fully saturated rings. The molecule has 0 aromatic carbocycles. The van der Waals surface area contributed by atoms with E-state index in [2.05, 4.69) is 11.6 Å². The summed E-state index contributed by atoms with van der Waals surface area (Å²) < 4.78 is 0. The Hall–Kier alpha value is -1.39. The molecule has 0 spiro atoms. The van der Waals surface area contributed by atoms with Crippen molar-refractivity contribution < 1.29 is 10.2 Å². The van der Waals surface area contributed by atoms with E-state index in [1.54, 1.807) is 18.2 Å². The maximum atomic E-state index is 9.64. The summed E-state index contributed by atoms with van der Waals surface area (Å²) in [7, 11) is 0. The Morgan fingerprint density at radius 3 is 2.88 bits per heavy atom. The number of aliphatic hydroxyl groups excluding tert-OH is 1. The first-order valence-electron chi connectivity index (χ1n) is 5.27. The summed E-state index contributed by atoms with van der Waals surface area (Å²) >= 11 is 0. The Labute approximate surface area is 95.9 Å². The van der Waals surface area contributed by atoms with Gasteiger partial charge in [-0.1, -0.05) is 6.08 Å². The van der Waals surface area contributed by atoms with Crippen LogP contribution in [0.15, 0.2) is 24.8 Å². The van der Waals surface area contributed by atoms with Crippen LogP contribution in [0.4, 0.5) is 0 Å². The number of pyridine rings is 1. The number of aromatic hydroxyl groups is 1. The third kappa shape index (κ3) is 3.64. The van der Waals surface area contributed by atoms with Gasteiger partial charge in [0.1, 0.15) is 5.75 Å². The van der Waals surface area contributed by atoms with Crippen molar-refractivity contribution in [3.8, 4) is 5.75 Å². The average Bonchev–Trinajstić information content (AvgIpc) is 2.24.